The van der Waals surface area contributed by atoms with Crippen LogP contribution in [0.1, 0.15) is 37.8 Å². The van der Waals surface area contributed by atoms with Crippen molar-refractivity contribution in [2.45, 2.75) is 44.0 Å². The Morgan fingerprint density at radius 2 is 1.44 bits per heavy atom. The molecule has 1 unspecified atom stereocenters. The monoisotopic (exact) mass is 425 g/mol. The topological polar surface area (TPSA) is 60.2 Å². The van der Waals surface area contributed by atoms with Gasteiger partial charge < -0.3 is 9.84 Å². The molecule has 1 N–H and O–H groups in total. The third kappa shape index (κ3) is 3.08. The first-order chi connectivity index (χ1) is 15.6. The average molecular weight is 426 g/mol. The molecular weight excluding hydrogens is 398 g/mol. The van der Waals surface area contributed by atoms with Crippen LogP contribution in [-0.2, 0) is 10.3 Å². The van der Waals surface area contributed by atoms with Gasteiger partial charge in [0.25, 0.3) is 0 Å². The zero-order valence-electron chi connectivity index (χ0n) is 18.3. The summed E-state index contributed by atoms with van der Waals surface area (Å²) >= 11 is 0. The third-order valence-electron chi connectivity index (χ3n) is 6.69. The SMILES string of the molecule is CCC1(CC)OC(C(O)(c2ccccc2)c2ccccc2)C=C1n1nnc2ccccc21. The minimum atomic E-state index is -1.35. The zero-order chi connectivity index (χ0) is 22.2. The van der Waals surface area contributed by atoms with Gasteiger partial charge in [-0.1, -0.05) is 91.9 Å². The second-order valence-corrected chi connectivity index (χ2v) is 8.28. The highest BCUT2D eigenvalue weighted by Crippen LogP contribution is 2.47. The lowest BCUT2D eigenvalue weighted by atomic mass is 9.81. The molecule has 0 aliphatic carbocycles. The molecule has 1 aliphatic heterocycles. The van der Waals surface area contributed by atoms with E-state index in [0.29, 0.717) is 0 Å². The number of fused-ring (bicyclic) bond motifs is 1. The average Bonchev–Trinajstić information content (AvgIpc) is 3.46. The molecule has 0 radical (unpaired) electrons. The van der Waals surface area contributed by atoms with Crippen LogP contribution in [0.5, 0.6) is 0 Å². The van der Waals surface area contributed by atoms with Crippen LogP contribution in [0.4, 0.5) is 0 Å². The van der Waals surface area contributed by atoms with E-state index in [2.05, 4.69) is 24.2 Å². The van der Waals surface area contributed by atoms with E-state index < -0.39 is 17.3 Å². The van der Waals surface area contributed by atoms with Crippen LogP contribution in [0.25, 0.3) is 16.7 Å². The smallest absolute Gasteiger partial charge is 0.144 e. The predicted molar refractivity (Wildman–Crippen MR) is 126 cm³/mol. The fraction of sp³-hybridized carbons (Fsp3) is 0.259. The minimum absolute atomic E-state index is 0.585. The molecule has 32 heavy (non-hydrogen) atoms. The van der Waals surface area contributed by atoms with E-state index in [-0.39, 0.29) is 0 Å². The highest BCUT2D eigenvalue weighted by Gasteiger charge is 2.51. The summed E-state index contributed by atoms with van der Waals surface area (Å²) < 4.78 is 8.65. The Balaban J connectivity index is 1.71. The number of aromatic nitrogens is 3. The Morgan fingerprint density at radius 1 is 0.875 bits per heavy atom. The van der Waals surface area contributed by atoms with Gasteiger partial charge in [-0.15, -0.1) is 5.10 Å². The Hall–Kier alpha value is -3.28. The fourth-order valence-corrected chi connectivity index (χ4v) is 4.81. The van der Waals surface area contributed by atoms with Gasteiger partial charge in [-0.2, -0.15) is 0 Å². The zero-order valence-corrected chi connectivity index (χ0v) is 18.3. The first kappa shape index (κ1) is 20.6. The second-order valence-electron chi connectivity index (χ2n) is 8.28. The molecule has 2 heterocycles. The van der Waals surface area contributed by atoms with Crippen molar-refractivity contribution in [2.75, 3.05) is 0 Å². The fourth-order valence-electron chi connectivity index (χ4n) is 4.81. The first-order valence-corrected chi connectivity index (χ1v) is 11.2. The van der Waals surface area contributed by atoms with Crippen LogP contribution < -0.4 is 0 Å². The van der Waals surface area contributed by atoms with Gasteiger partial charge in [-0.25, -0.2) is 4.68 Å². The summed E-state index contributed by atoms with van der Waals surface area (Å²) in [6.45, 7) is 4.23. The van der Waals surface area contributed by atoms with Gasteiger partial charge in [0, 0.05) is 0 Å². The molecule has 3 aromatic carbocycles. The maximum Gasteiger partial charge on any atom is 0.144 e. The number of hydrogen-bond donors (Lipinski definition) is 1. The molecule has 0 amide bonds. The maximum absolute atomic E-state index is 12.3. The predicted octanol–water partition coefficient (Wildman–Crippen LogP) is 5.17. The number of para-hydroxylation sites is 1. The van der Waals surface area contributed by atoms with Crippen molar-refractivity contribution in [3.05, 3.63) is 102 Å². The molecule has 0 saturated heterocycles. The summed E-state index contributed by atoms with van der Waals surface area (Å²) in [5.74, 6) is 0. The van der Waals surface area contributed by atoms with Crippen LogP contribution in [0.3, 0.4) is 0 Å². The van der Waals surface area contributed by atoms with Crippen LogP contribution in [0.2, 0.25) is 0 Å². The molecule has 4 aromatic rings. The Kier molecular flexibility index (Phi) is 5.16. The van der Waals surface area contributed by atoms with Crippen molar-refractivity contribution >= 4 is 16.7 Å². The lowest BCUT2D eigenvalue weighted by molar-refractivity contribution is -0.112. The molecule has 0 saturated carbocycles. The second kappa shape index (κ2) is 8.01. The Bertz CT molecular complexity index is 1200. The van der Waals surface area contributed by atoms with E-state index in [4.69, 9.17) is 4.74 Å². The quantitative estimate of drug-likeness (QED) is 0.463. The lowest BCUT2D eigenvalue weighted by Gasteiger charge is -2.37. The highest BCUT2D eigenvalue weighted by atomic mass is 16.5. The maximum atomic E-state index is 12.3. The molecule has 0 bridgehead atoms. The van der Waals surface area contributed by atoms with Gasteiger partial charge in [-0.05, 0) is 42.2 Å². The number of rotatable bonds is 6. The largest absolute Gasteiger partial charge is 0.377 e. The number of benzene rings is 3. The Labute approximate surface area is 188 Å². The summed E-state index contributed by atoms with van der Waals surface area (Å²) in [5, 5.41) is 21.1. The summed E-state index contributed by atoms with van der Waals surface area (Å²) in [6.07, 6.45) is 2.94. The molecule has 162 valence electrons. The number of aliphatic hydroxyl groups is 1. The summed E-state index contributed by atoms with van der Waals surface area (Å²) in [4.78, 5) is 0. The van der Waals surface area contributed by atoms with Crippen LogP contribution >= 0.6 is 0 Å². The van der Waals surface area contributed by atoms with Crippen LogP contribution in [-0.4, -0.2) is 31.8 Å². The molecule has 5 nitrogen and oxygen atoms in total. The number of nitrogens with zero attached hydrogens (tertiary/aromatic N) is 3. The standard InChI is InChI=1S/C27H27N3O2/c1-3-26(4-2)24(30-23-18-12-11-17-22(23)28-29-30)19-25(32-26)27(31,20-13-7-5-8-14-20)21-15-9-6-10-16-21/h5-19,25,31H,3-4H2,1-2H3. The van der Waals surface area contributed by atoms with Crippen molar-refractivity contribution < 1.29 is 9.84 Å². The van der Waals surface area contributed by atoms with E-state index in [9.17, 15) is 5.11 Å². The Morgan fingerprint density at radius 3 is 2.03 bits per heavy atom. The molecule has 0 spiro atoms. The summed E-state index contributed by atoms with van der Waals surface area (Å²) in [7, 11) is 0. The molecule has 0 fully saturated rings. The highest BCUT2D eigenvalue weighted by molar-refractivity contribution is 5.79. The van der Waals surface area contributed by atoms with Gasteiger partial charge in [0.05, 0.1) is 11.2 Å². The molecular formula is C27H27N3O2. The van der Waals surface area contributed by atoms with E-state index in [1.165, 1.54) is 0 Å². The van der Waals surface area contributed by atoms with E-state index in [1.54, 1.807) is 0 Å². The third-order valence-corrected chi connectivity index (χ3v) is 6.69. The van der Waals surface area contributed by atoms with Gasteiger partial charge >= 0.3 is 0 Å². The van der Waals surface area contributed by atoms with Crippen molar-refractivity contribution in [1.29, 1.82) is 0 Å². The van der Waals surface area contributed by atoms with Gasteiger partial charge in [0.1, 0.15) is 22.8 Å². The lowest BCUT2D eigenvalue weighted by Crippen LogP contribution is -2.43. The summed E-state index contributed by atoms with van der Waals surface area (Å²) in [5.41, 5.74) is 2.33. The van der Waals surface area contributed by atoms with Crippen molar-refractivity contribution in [2.24, 2.45) is 0 Å². The molecule has 5 heteroatoms. The molecule has 5 rings (SSSR count). The van der Waals surface area contributed by atoms with E-state index in [1.807, 2.05) is 95.7 Å². The molecule has 1 aliphatic rings. The first-order valence-electron chi connectivity index (χ1n) is 11.2. The van der Waals surface area contributed by atoms with Gasteiger partial charge in [-0.3, -0.25) is 0 Å². The number of hydrogen-bond acceptors (Lipinski definition) is 4. The molecule has 1 aromatic heterocycles. The van der Waals surface area contributed by atoms with Crippen LogP contribution in [0, 0.1) is 0 Å². The van der Waals surface area contributed by atoms with Crippen molar-refractivity contribution in [3.63, 3.8) is 0 Å². The minimum Gasteiger partial charge on any atom is -0.377 e. The van der Waals surface area contributed by atoms with Crippen molar-refractivity contribution in [1.82, 2.24) is 15.0 Å². The normalized spacial score (nSPS) is 18.1. The van der Waals surface area contributed by atoms with Crippen molar-refractivity contribution in [3.8, 4) is 0 Å². The van der Waals surface area contributed by atoms with E-state index >= 15 is 0 Å². The number of ether oxygens (including phenoxy) is 1. The van der Waals surface area contributed by atoms with Crippen LogP contribution in [0.15, 0.2) is 91.0 Å². The molecule has 1 atom stereocenters. The van der Waals surface area contributed by atoms with Gasteiger partial charge in [0.15, 0.2) is 0 Å². The van der Waals surface area contributed by atoms with Gasteiger partial charge in [0.2, 0.25) is 0 Å². The van der Waals surface area contributed by atoms with E-state index in [0.717, 1.165) is 40.7 Å². The summed E-state index contributed by atoms with van der Waals surface area (Å²) in [6, 6.07) is 27.4.